The highest BCUT2D eigenvalue weighted by Crippen LogP contribution is 2.25. The van der Waals surface area contributed by atoms with Crippen LogP contribution in [0.2, 0.25) is 0 Å². The number of carbonyl (C=O) groups excluding carboxylic acids is 1. The highest BCUT2D eigenvalue weighted by atomic mass is 16.1. The predicted octanol–water partition coefficient (Wildman–Crippen LogP) is 2.87. The zero-order chi connectivity index (χ0) is 11.3. The van der Waals surface area contributed by atoms with Gasteiger partial charge in [-0.05, 0) is 32.7 Å². The molecule has 0 heterocycles. The minimum atomic E-state index is 0.378. The van der Waals surface area contributed by atoms with Crippen molar-refractivity contribution in [2.24, 2.45) is 5.92 Å². The third-order valence-electron chi connectivity index (χ3n) is 3.79. The Kier molecular flexibility index (Phi) is 5.30. The van der Waals surface area contributed by atoms with Gasteiger partial charge in [-0.25, -0.2) is 0 Å². The Morgan fingerprint density at radius 1 is 1.33 bits per heavy atom. The lowest BCUT2D eigenvalue weighted by atomic mass is 10.0. The summed E-state index contributed by atoms with van der Waals surface area (Å²) in [7, 11) is 0. The van der Waals surface area contributed by atoms with E-state index in [9.17, 15) is 4.79 Å². The zero-order valence-corrected chi connectivity index (χ0v) is 10.5. The van der Waals surface area contributed by atoms with Gasteiger partial charge in [0.15, 0.2) is 0 Å². The predicted molar refractivity (Wildman–Crippen MR) is 64.0 cm³/mol. The average molecular weight is 211 g/mol. The van der Waals surface area contributed by atoms with E-state index < -0.39 is 0 Å². The highest BCUT2D eigenvalue weighted by molar-refractivity contribution is 5.83. The number of hydrogen-bond acceptors (Lipinski definition) is 2. The minimum Gasteiger partial charge on any atom is -0.298 e. The van der Waals surface area contributed by atoms with E-state index in [4.69, 9.17) is 0 Å². The van der Waals surface area contributed by atoms with E-state index in [0.717, 1.165) is 25.8 Å². The summed E-state index contributed by atoms with van der Waals surface area (Å²) in [5, 5.41) is 0. The van der Waals surface area contributed by atoms with Gasteiger partial charge in [-0.15, -0.1) is 0 Å². The second kappa shape index (κ2) is 6.26. The van der Waals surface area contributed by atoms with Crippen LogP contribution in [0.5, 0.6) is 0 Å². The number of carbonyl (C=O) groups is 1. The first-order valence-corrected chi connectivity index (χ1v) is 6.45. The lowest BCUT2D eigenvalue weighted by Gasteiger charge is -2.27. The molecular formula is C13H25NO. The third kappa shape index (κ3) is 3.60. The second-order valence-electron chi connectivity index (χ2n) is 4.77. The molecule has 15 heavy (non-hydrogen) atoms. The summed E-state index contributed by atoms with van der Waals surface area (Å²) in [5.41, 5.74) is 0. The minimum absolute atomic E-state index is 0.378. The van der Waals surface area contributed by atoms with Crippen molar-refractivity contribution in [1.29, 1.82) is 0 Å². The number of hydrogen-bond donors (Lipinski definition) is 0. The number of nitrogens with zero attached hydrogens (tertiary/aromatic N) is 1. The van der Waals surface area contributed by atoms with Crippen molar-refractivity contribution < 1.29 is 4.79 Å². The summed E-state index contributed by atoms with van der Waals surface area (Å²) < 4.78 is 0. The van der Waals surface area contributed by atoms with E-state index in [2.05, 4.69) is 25.7 Å². The summed E-state index contributed by atoms with van der Waals surface area (Å²) in [5.74, 6) is 0.859. The topological polar surface area (TPSA) is 20.3 Å². The van der Waals surface area contributed by atoms with E-state index in [1.54, 1.807) is 0 Å². The first-order valence-electron chi connectivity index (χ1n) is 6.45. The molecule has 1 rings (SSSR count). The fourth-order valence-electron chi connectivity index (χ4n) is 2.41. The van der Waals surface area contributed by atoms with E-state index in [-0.39, 0.29) is 0 Å². The smallest absolute Gasteiger partial charge is 0.149 e. The Morgan fingerprint density at radius 2 is 1.93 bits per heavy atom. The van der Waals surface area contributed by atoms with Gasteiger partial charge in [0.05, 0.1) is 6.54 Å². The maximum atomic E-state index is 12.0. The van der Waals surface area contributed by atoms with E-state index in [1.165, 1.54) is 12.8 Å². The molecule has 0 aliphatic heterocycles. The molecule has 0 amide bonds. The highest BCUT2D eigenvalue weighted by Gasteiger charge is 2.24. The quantitative estimate of drug-likeness (QED) is 0.673. The maximum absolute atomic E-state index is 12.0. The molecule has 1 aliphatic carbocycles. The van der Waals surface area contributed by atoms with Gasteiger partial charge >= 0.3 is 0 Å². The Balaban J connectivity index is 2.39. The van der Waals surface area contributed by atoms with E-state index >= 15 is 0 Å². The third-order valence-corrected chi connectivity index (χ3v) is 3.79. The van der Waals surface area contributed by atoms with Crippen molar-refractivity contribution in [1.82, 2.24) is 4.90 Å². The fourth-order valence-corrected chi connectivity index (χ4v) is 2.41. The Hall–Kier alpha value is -0.370. The van der Waals surface area contributed by atoms with Crippen LogP contribution in [0.25, 0.3) is 0 Å². The molecular weight excluding hydrogens is 186 g/mol. The van der Waals surface area contributed by atoms with E-state index in [0.29, 0.717) is 24.3 Å². The molecule has 2 heteroatoms. The van der Waals surface area contributed by atoms with Gasteiger partial charge in [0.1, 0.15) is 5.78 Å². The van der Waals surface area contributed by atoms with Crippen LogP contribution in [0.15, 0.2) is 0 Å². The van der Waals surface area contributed by atoms with Crippen LogP contribution in [0, 0.1) is 5.92 Å². The molecule has 1 aliphatic rings. The number of Topliss-reactive ketones (excluding diaryl/α,β-unsaturated/α-hetero) is 1. The number of likely N-dealkylation sites (N-methyl/N-ethyl adjacent to an activating group) is 1. The molecule has 0 aromatic rings. The second-order valence-corrected chi connectivity index (χ2v) is 4.77. The summed E-state index contributed by atoms with van der Waals surface area (Å²) in [4.78, 5) is 14.3. The summed E-state index contributed by atoms with van der Waals surface area (Å²) in [6.45, 7) is 8.22. The van der Waals surface area contributed by atoms with Gasteiger partial charge in [0, 0.05) is 12.0 Å². The maximum Gasteiger partial charge on any atom is 0.149 e. The molecule has 0 N–H and O–H groups in total. The fraction of sp³-hybridized carbons (Fsp3) is 0.923. The van der Waals surface area contributed by atoms with E-state index in [1.807, 2.05) is 0 Å². The van der Waals surface area contributed by atoms with Crippen LogP contribution < -0.4 is 0 Å². The lowest BCUT2D eigenvalue weighted by Crippen LogP contribution is -2.38. The van der Waals surface area contributed by atoms with Gasteiger partial charge in [-0.3, -0.25) is 9.69 Å². The normalized spacial score (nSPS) is 19.7. The zero-order valence-electron chi connectivity index (χ0n) is 10.5. The molecule has 2 nitrogen and oxygen atoms in total. The monoisotopic (exact) mass is 211 g/mol. The number of ketones is 1. The van der Waals surface area contributed by atoms with Crippen molar-refractivity contribution in [2.75, 3.05) is 13.1 Å². The van der Waals surface area contributed by atoms with Crippen molar-refractivity contribution in [2.45, 2.75) is 58.9 Å². The van der Waals surface area contributed by atoms with Crippen LogP contribution >= 0.6 is 0 Å². The first kappa shape index (κ1) is 12.7. The molecule has 1 saturated carbocycles. The summed E-state index contributed by atoms with van der Waals surface area (Å²) >= 11 is 0. The largest absolute Gasteiger partial charge is 0.298 e. The van der Waals surface area contributed by atoms with Crippen molar-refractivity contribution in [3.05, 3.63) is 0 Å². The Bertz CT molecular complexity index is 197. The molecule has 1 atom stereocenters. The van der Waals surface area contributed by atoms with Crippen LogP contribution in [-0.2, 0) is 4.79 Å². The van der Waals surface area contributed by atoms with Gasteiger partial charge in [-0.1, -0.05) is 26.7 Å². The Labute approximate surface area is 94.0 Å². The van der Waals surface area contributed by atoms with Crippen LogP contribution in [0.1, 0.15) is 52.9 Å². The molecule has 0 bridgehead atoms. The number of rotatable bonds is 6. The molecule has 0 radical (unpaired) electrons. The summed E-state index contributed by atoms with van der Waals surface area (Å²) in [6, 6.07) is 0.542. The van der Waals surface area contributed by atoms with Gasteiger partial charge in [0.25, 0.3) is 0 Å². The molecule has 88 valence electrons. The van der Waals surface area contributed by atoms with Crippen molar-refractivity contribution in [3.8, 4) is 0 Å². The molecule has 0 aromatic heterocycles. The van der Waals surface area contributed by atoms with Crippen LogP contribution in [0.4, 0.5) is 0 Å². The summed E-state index contributed by atoms with van der Waals surface area (Å²) in [6.07, 6.45) is 5.91. The molecule has 0 aromatic carbocycles. The molecule has 0 spiro atoms. The van der Waals surface area contributed by atoms with Crippen LogP contribution in [-0.4, -0.2) is 29.8 Å². The molecule has 0 saturated heterocycles. The SMILES string of the molecule is CCC(C)N(CC)CC(=O)C1CCCC1. The average Bonchev–Trinajstić information content (AvgIpc) is 2.77. The molecule has 1 unspecified atom stereocenters. The molecule has 1 fully saturated rings. The van der Waals surface area contributed by atoms with Crippen LogP contribution in [0.3, 0.4) is 0 Å². The van der Waals surface area contributed by atoms with Crippen molar-refractivity contribution in [3.63, 3.8) is 0 Å². The van der Waals surface area contributed by atoms with Gasteiger partial charge in [0.2, 0.25) is 0 Å². The van der Waals surface area contributed by atoms with Gasteiger partial charge < -0.3 is 0 Å². The lowest BCUT2D eigenvalue weighted by molar-refractivity contribution is -0.124. The first-order chi connectivity index (χ1) is 7.19. The van der Waals surface area contributed by atoms with Crippen molar-refractivity contribution >= 4 is 5.78 Å². The Morgan fingerprint density at radius 3 is 2.40 bits per heavy atom. The standard InChI is InChI=1S/C13H25NO/c1-4-11(3)14(5-2)10-13(15)12-8-6-7-9-12/h11-12H,4-10H2,1-3H3. The van der Waals surface area contributed by atoms with Gasteiger partial charge in [-0.2, -0.15) is 0 Å².